The summed E-state index contributed by atoms with van der Waals surface area (Å²) in [7, 11) is 0. The molecule has 0 aromatic rings. The summed E-state index contributed by atoms with van der Waals surface area (Å²) in [4.78, 5) is 12.8. The van der Waals surface area contributed by atoms with Crippen LogP contribution in [-0.4, -0.2) is 41.7 Å². The monoisotopic (exact) mass is 185 g/mol. The van der Waals surface area contributed by atoms with E-state index in [0.29, 0.717) is 19.7 Å². The van der Waals surface area contributed by atoms with E-state index in [1.807, 2.05) is 0 Å². The third-order valence-electron chi connectivity index (χ3n) is 2.00. The van der Waals surface area contributed by atoms with Crippen LogP contribution in [0.2, 0.25) is 0 Å². The molecular weight excluding hydrogens is 170 g/mol. The zero-order chi connectivity index (χ0) is 9.68. The topological polar surface area (TPSA) is 49.8 Å². The molecule has 4 heteroatoms. The lowest BCUT2D eigenvalue weighted by Gasteiger charge is -2.14. The molecule has 0 spiro atoms. The third-order valence-corrected chi connectivity index (χ3v) is 2.00. The molecule has 0 aromatic carbocycles. The van der Waals surface area contributed by atoms with Gasteiger partial charge in [0.25, 0.3) is 0 Å². The summed E-state index contributed by atoms with van der Waals surface area (Å²) in [6, 6.07) is 0. The van der Waals surface area contributed by atoms with Crippen molar-refractivity contribution >= 4 is 5.91 Å². The van der Waals surface area contributed by atoms with Crippen LogP contribution >= 0.6 is 0 Å². The van der Waals surface area contributed by atoms with Crippen LogP contribution in [-0.2, 0) is 9.53 Å². The molecule has 1 N–H and O–H groups in total. The number of amides is 1. The van der Waals surface area contributed by atoms with Gasteiger partial charge in [0.2, 0.25) is 5.91 Å². The highest BCUT2D eigenvalue weighted by atomic mass is 16.5. The minimum Gasteiger partial charge on any atom is -0.502 e. The Morgan fingerprint density at radius 2 is 2.54 bits per heavy atom. The molecule has 0 aliphatic carbocycles. The number of carbonyl (C=O) groups is 1. The highest BCUT2D eigenvalue weighted by molar-refractivity contribution is 5.78. The standard InChI is InChI=1S/C9H15NO3/c1-2-13-5-3-4-10-7-8(11)6-9(10)12/h2,8,11H,1,3-7H2. The number of carbonyl (C=O) groups excluding carboxylic acids is 1. The smallest absolute Gasteiger partial charge is 0.225 e. The lowest BCUT2D eigenvalue weighted by molar-refractivity contribution is -0.127. The van der Waals surface area contributed by atoms with Gasteiger partial charge in [-0.25, -0.2) is 0 Å². The lowest BCUT2D eigenvalue weighted by Crippen LogP contribution is -2.27. The van der Waals surface area contributed by atoms with Gasteiger partial charge in [0, 0.05) is 13.1 Å². The van der Waals surface area contributed by atoms with Crippen molar-refractivity contribution in [2.45, 2.75) is 18.9 Å². The van der Waals surface area contributed by atoms with Gasteiger partial charge in [-0.2, -0.15) is 0 Å². The van der Waals surface area contributed by atoms with Crippen LogP contribution in [0.25, 0.3) is 0 Å². The molecule has 1 unspecified atom stereocenters. The zero-order valence-electron chi connectivity index (χ0n) is 7.61. The van der Waals surface area contributed by atoms with Crippen molar-refractivity contribution in [2.75, 3.05) is 19.7 Å². The maximum Gasteiger partial charge on any atom is 0.225 e. The van der Waals surface area contributed by atoms with E-state index in [2.05, 4.69) is 6.58 Å². The molecule has 1 aliphatic rings. The van der Waals surface area contributed by atoms with E-state index in [-0.39, 0.29) is 12.3 Å². The van der Waals surface area contributed by atoms with E-state index >= 15 is 0 Å². The van der Waals surface area contributed by atoms with Crippen molar-refractivity contribution in [2.24, 2.45) is 0 Å². The molecule has 0 radical (unpaired) electrons. The van der Waals surface area contributed by atoms with E-state index in [0.717, 1.165) is 6.42 Å². The van der Waals surface area contributed by atoms with Crippen molar-refractivity contribution in [3.05, 3.63) is 12.8 Å². The SMILES string of the molecule is C=COCCCN1CC(O)CC1=O. The minimum absolute atomic E-state index is 0.0334. The normalized spacial score (nSPS) is 22.1. The first-order valence-corrected chi connectivity index (χ1v) is 4.42. The number of nitrogens with zero attached hydrogens (tertiary/aromatic N) is 1. The number of aliphatic hydroxyl groups excluding tert-OH is 1. The molecule has 1 saturated heterocycles. The van der Waals surface area contributed by atoms with Gasteiger partial charge in [-0.15, -0.1) is 0 Å². The summed E-state index contributed by atoms with van der Waals surface area (Å²) in [5.41, 5.74) is 0. The van der Waals surface area contributed by atoms with Gasteiger partial charge < -0.3 is 14.7 Å². The predicted molar refractivity (Wildman–Crippen MR) is 48.0 cm³/mol. The molecule has 1 atom stereocenters. The average molecular weight is 185 g/mol. The third kappa shape index (κ3) is 3.06. The van der Waals surface area contributed by atoms with Crippen molar-refractivity contribution in [3.63, 3.8) is 0 Å². The summed E-state index contributed by atoms with van der Waals surface area (Å²) in [6.07, 6.45) is 1.96. The largest absolute Gasteiger partial charge is 0.502 e. The van der Waals surface area contributed by atoms with Gasteiger partial charge in [-0.05, 0) is 6.42 Å². The van der Waals surface area contributed by atoms with Crippen LogP contribution < -0.4 is 0 Å². The Balaban J connectivity index is 2.14. The summed E-state index contributed by atoms with van der Waals surface area (Å²) in [5.74, 6) is 0.0334. The molecule has 0 saturated carbocycles. The molecule has 74 valence electrons. The van der Waals surface area contributed by atoms with Crippen molar-refractivity contribution in [3.8, 4) is 0 Å². The quantitative estimate of drug-likeness (QED) is 0.489. The Morgan fingerprint density at radius 1 is 1.77 bits per heavy atom. The second kappa shape index (κ2) is 4.87. The van der Waals surface area contributed by atoms with Gasteiger partial charge in [0.15, 0.2) is 0 Å². The van der Waals surface area contributed by atoms with Gasteiger partial charge in [-0.3, -0.25) is 4.79 Å². The number of hydrogen-bond acceptors (Lipinski definition) is 3. The molecule has 1 rings (SSSR count). The molecule has 13 heavy (non-hydrogen) atoms. The predicted octanol–water partition coefficient (Wildman–Crippen LogP) is 0.130. The Hall–Kier alpha value is -1.03. The Kier molecular flexibility index (Phi) is 3.76. The highest BCUT2D eigenvalue weighted by Crippen LogP contribution is 2.10. The van der Waals surface area contributed by atoms with Gasteiger partial charge >= 0.3 is 0 Å². The average Bonchev–Trinajstić information content (AvgIpc) is 2.39. The number of likely N-dealkylation sites (tertiary alicyclic amines) is 1. The van der Waals surface area contributed by atoms with Gasteiger partial charge in [0.05, 0.1) is 25.4 Å². The first-order chi connectivity index (χ1) is 6.24. The van der Waals surface area contributed by atoms with Gasteiger partial charge in [-0.1, -0.05) is 6.58 Å². The Morgan fingerprint density at radius 3 is 3.08 bits per heavy atom. The molecule has 1 heterocycles. The van der Waals surface area contributed by atoms with E-state index in [9.17, 15) is 4.79 Å². The van der Waals surface area contributed by atoms with Gasteiger partial charge in [0.1, 0.15) is 0 Å². The molecule has 1 aliphatic heterocycles. The summed E-state index contributed by atoms with van der Waals surface area (Å²) in [5, 5.41) is 9.16. The molecule has 1 amide bonds. The number of ether oxygens (including phenoxy) is 1. The fourth-order valence-corrected chi connectivity index (χ4v) is 1.39. The highest BCUT2D eigenvalue weighted by Gasteiger charge is 2.26. The molecule has 0 aromatic heterocycles. The Bertz CT molecular complexity index is 193. The van der Waals surface area contributed by atoms with Crippen LogP contribution in [0.5, 0.6) is 0 Å². The molecule has 0 bridgehead atoms. The lowest BCUT2D eigenvalue weighted by atomic mass is 10.3. The molecule has 4 nitrogen and oxygen atoms in total. The first-order valence-electron chi connectivity index (χ1n) is 4.42. The second-order valence-corrected chi connectivity index (χ2v) is 3.09. The minimum atomic E-state index is -0.479. The van der Waals surface area contributed by atoms with Crippen LogP contribution in [0.3, 0.4) is 0 Å². The summed E-state index contributed by atoms with van der Waals surface area (Å²) >= 11 is 0. The number of β-amino-alcohol motifs (C(OH)–C–C–N with tert-alkyl or cyclic N) is 1. The van der Waals surface area contributed by atoms with Crippen LogP contribution in [0.15, 0.2) is 12.8 Å². The molecular formula is C9H15NO3. The van der Waals surface area contributed by atoms with Crippen LogP contribution in [0, 0.1) is 0 Å². The summed E-state index contributed by atoms with van der Waals surface area (Å²) in [6.45, 7) is 5.11. The second-order valence-electron chi connectivity index (χ2n) is 3.09. The molecule has 1 fully saturated rings. The van der Waals surface area contributed by atoms with Crippen LogP contribution in [0.4, 0.5) is 0 Å². The maximum atomic E-state index is 11.2. The van der Waals surface area contributed by atoms with E-state index in [4.69, 9.17) is 9.84 Å². The van der Waals surface area contributed by atoms with E-state index < -0.39 is 6.10 Å². The first kappa shape index (κ1) is 10.1. The number of aliphatic hydroxyl groups is 1. The Labute approximate surface area is 77.8 Å². The van der Waals surface area contributed by atoms with E-state index in [1.165, 1.54) is 6.26 Å². The van der Waals surface area contributed by atoms with Crippen LogP contribution in [0.1, 0.15) is 12.8 Å². The number of hydrogen-bond donors (Lipinski definition) is 1. The van der Waals surface area contributed by atoms with Crippen molar-refractivity contribution in [1.82, 2.24) is 4.90 Å². The van der Waals surface area contributed by atoms with Crippen molar-refractivity contribution in [1.29, 1.82) is 0 Å². The number of rotatable bonds is 5. The fraction of sp³-hybridized carbons (Fsp3) is 0.667. The zero-order valence-corrected chi connectivity index (χ0v) is 7.61. The maximum absolute atomic E-state index is 11.2. The summed E-state index contributed by atoms with van der Waals surface area (Å²) < 4.78 is 4.92. The van der Waals surface area contributed by atoms with E-state index in [1.54, 1.807) is 4.90 Å². The van der Waals surface area contributed by atoms with Crippen molar-refractivity contribution < 1.29 is 14.6 Å². The fourth-order valence-electron chi connectivity index (χ4n) is 1.39.